The maximum atomic E-state index is 11.4. The van der Waals surface area contributed by atoms with Gasteiger partial charge in [0.25, 0.3) is 0 Å². The van der Waals surface area contributed by atoms with E-state index in [0.717, 1.165) is 5.92 Å². The highest BCUT2D eigenvalue weighted by Gasteiger charge is 2.24. The molecule has 0 bridgehead atoms. The fraction of sp³-hybridized carbons (Fsp3) is 0.923. The lowest BCUT2D eigenvalue weighted by Gasteiger charge is -2.33. The summed E-state index contributed by atoms with van der Waals surface area (Å²) in [7, 11) is 2.04. The van der Waals surface area contributed by atoms with Gasteiger partial charge >= 0.3 is 5.97 Å². The van der Waals surface area contributed by atoms with E-state index < -0.39 is 0 Å². The Morgan fingerprint density at radius 2 is 1.88 bits per heavy atom. The van der Waals surface area contributed by atoms with E-state index in [1.54, 1.807) is 0 Å². The van der Waals surface area contributed by atoms with Crippen LogP contribution in [0.1, 0.15) is 46.0 Å². The Morgan fingerprint density at radius 3 is 2.38 bits per heavy atom. The molecule has 0 heterocycles. The van der Waals surface area contributed by atoms with Gasteiger partial charge in [-0.05, 0) is 45.6 Å². The molecule has 0 aromatic carbocycles. The maximum absolute atomic E-state index is 11.4. The van der Waals surface area contributed by atoms with E-state index in [4.69, 9.17) is 4.74 Å². The third-order valence-corrected chi connectivity index (χ3v) is 3.70. The molecule has 0 saturated heterocycles. The molecule has 0 unspecified atom stereocenters. The van der Waals surface area contributed by atoms with Gasteiger partial charge in [0.15, 0.2) is 0 Å². The van der Waals surface area contributed by atoms with Gasteiger partial charge in [-0.3, -0.25) is 9.69 Å². The standard InChI is InChI=1S/C13H25NO2/c1-4-11-6-8-12(9-7-11)14(3)10-13(15)16-5-2/h11-12H,4-10H2,1-3H3. The SMILES string of the molecule is CCOC(=O)CN(C)C1CCC(CC)CC1. The first-order valence-electron chi connectivity index (χ1n) is 6.53. The fourth-order valence-electron chi connectivity index (χ4n) is 2.53. The van der Waals surface area contributed by atoms with Gasteiger partial charge in [0.2, 0.25) is 0 Å². The summed E-state index contributed by atoms with van der Waals surface area (Å²) in [5.41, 5.74) is 0. The van der Waals surface area contributed by atoms with Crippen molar-refractivity contribution in [2.24, 2.45) is 5.92 Å². The number of carbonyl (C=O) groups excluding carboxylic acids is 1. The normalized spacial score (nSPS) is 25.8. The second-order valence-corrected chi connectivity index (χ2v) is 4.80. The minimum atomic E-state index is -0.0948. The summed E-state index contributed by atoms with van der Waals surface area (Å²) >= 11 is 0. The van der Waals surface area contributed by atoms with E-state index in [2.05, 4.69) is 11.8 Å². The van der Waals surface area contributed by atoms with E-state index in [1.165, 1.54) is 32.1 Å². The second-order valence-electron chi connectivity index (χ2n) is 4.80. The summed E-state index contributed by atoms with van der Waals surface area (Å²) in [6.45, 7) is 5.04. The Kier molecular flexibility index (Phi) is 5.81. The van der Waals surface area contributed by atoms with Crippen LogP contribution in [0.15, 0.2) is 0 Å². The molecule has 1 rings (SSSR count). The molecule has 3 heteroatoms. The van der Waals surface area contributed by atoms with E-state index in [-0.39, 0.29) is 5.97 Å². The molecule has 1 aliphatic rings. The van der Waals surface area contributed by atoms with Crippen LogP contribution in [-0.4, -0.2) is 37.1 Å². The van der Waals surface area contributed by atoms with E-state index in [9.17, 15) is 4.79 Å². The minimum absolute atomic E-state index is 0.0948. The first-order valence-corrected chi connectivity index (χ1v) is 6.53. The van der Waals surface area contributed by atoms with Crippen LogP contribution < -0.4 is 0 Å². The zero-order valence-corrected chi connectivity index (χ0v) is 10.9. The van der Waals surface area contributed by atoms with Crippen molar-refractivity contribution < 1.29 is 9.53 Å². The third kappa shape index (κ3) is 4.12. The van der Waals surface area contributed by atoms with Gasteiger partial charge in [-0.25, -0.2) is 0 Å². The molecule has 0 aliphatic heterocycles. The number of carbonyl (C=O) groups is 1. The van der Waals surface area contributed by atoms with E-state index in [1.807, 2.05) is 14.0 Å². The van der Waals surface area contributed by atoms with Crippen LogP contribution in [0.4, 0.5) is 0 Å². The summed E-state index contributed by atoms with van der Waals surface area (Å²) in [4.78, 5) is 13.5. The minimum Gasteiger partial charge on any atom is -0.465 e. The molecule has 0 aromatic heterocycles. The molecular weight excluding hydrogens is 202 g/mol. The molecule has 1 fully saturated rings. The van der Waals surface area contributed by atoms with Crippen LogP contribution in [0.3, 0.4) is 0 Å². The summed E-state index contributed by atoms with van der Waals surface area (Å²) in [5.74, 6) is 0.815. The monoisotopic (exact) mass is 227 g/mol. The van der Waals surface area contributed by atoms with Crippen molar-refractivity contribution in [2.45, 2.75) is 52.0 Å². The predicted octanol–water partition coefficient (Wildman–Crippen LogP) is 2.45. The number of hydrogen-bond acceptors (Lipinski definition) is 3. The highest BCUT2D eigenvalue weighted by atomic mass is 16.5. The van der Waals surface area contributed by atoms with Crippen molar-refractivity contribution in [3.05, 3.63) is 0 Å². The van der Waals surface area contributed by atoms with Crippen molar-refractivity contribution in [1.82, 2.24) is 4.90 Å². The average molecular weight is 227 g/mol. The molecule has 0 aromatic rings. The fourth-order valence-corrected chi connectivity index (χ4v) is 2.53. The summed E-state index contributed by atoms with van der Waals surface area (Å²) in [5, 5.41) is 0. The molecule has 16 heavy (non-hydrogen) atoms. The largest absolute Gasteiger partial charge is 0.465 e. The number of esters is 1. The van der Waals surface area contributed by atoms with Crippen LogP contribution in [0.5, 0.6) is 0 Å². The lowest BCUT2D eigenvalue weighted by molar-refractivity contribution is -0.144. The number of hydrogen-bond donors (Lipinski definition) is 0. The van der Waals surface area contributed by atoms with Crippen LogP contribution in [0.25, 0.3) is 0 Å². The number of likely N-dealkylation sites (N-methyl/N-ethyl adjacent to an activating group) is 1. The van der Waals surface area contributed by atoms with Crippen molar-refractivity contribution in [2.75, 3.05) is 20.2 Å². The van der Waals surface area contributed by atoms with Crippen molar-refractivity contribution >= 4 is 5.97 Å². The first-order chi connectivity index (χ1) is 7.67. The van der Waals surface area contributed by atoms with Gasteiger partial charge in [0.05, 0.1) is 13.2 Å². The number of nitrogens with zero attached hydrogens (tertiary/aromatic N) is 1. The number of rotatable bonds is 5. The van der Waals surface area contributed by atoms with Gasteiger partial charge in [-0.2, -0.15) is 0 Å². The summed E-state index contributed by atoms with van der Waals surface area (Å²) in [6.07, 6.45) is 6.39. The average Bonchev–Trinajstić information content (AvgIpc) is 2.29. The zero-order chi connectivity index (χ0) is 12.0. The molecule has 1 saturated carbocycles. The Morgan fingerprint density at radius 1 is 1.25 bits per heavy atom. The Labute approximate surface area is 99.1 Å². The quantitative estimate of drug-likeness (QED) is 0.676. The number of ether oxygens (including phenoxy) is 1. The van der Waals surface area contributed by atoms with Crippen LogP contribution in [-0.2, 0) is 9.53 Å². The van der Waals surface area contributed by atoms with Gasteiger partial charge < -0.3 is 4.74 Å². The zero-order valence-electron chi connectivity index (χ0n) is 10.9. The second kappa shape index (κ2) is 6.89. The predicted molar refractivity (Wildman–Crippen MR) is 65.3 cm³/mol. The highest BCUT2D eigenvalue weighted by Crippen LogP contribution is 2.28. The summed E-state index contributed by atoms with van der Waals surface area (Å²) < 4.78 is 4.97. The molecule has 0 amide bonds. The molecular formula is C13H25NO2. The topological polar surface area (TPSA) is 29.5 Å². The third-order valence-electron chi connectivity index (χ3n) is 3.70. The van der Waals surface area contributed by atoms with Gasteiger partial charge in [-0.15, -0.1) is 0 Å². The van der Waals surface area contributed by atoms with E-state index in [0.29, 0.717) is 19.2 Å². The molecule has 1 aliphatic carbocycles. The first kappa shape index (κ1) is 13.5. The van der Waals surface area contributed by atoms with Crippen LogP contribution in [0.2, 0.25) is 0 Å². The molecule has 0 N–H and O–H groups in total. The molecule has 0 atom stereocenters. The van der Waals surface area contributed by atoms with Crippen molar-refractivity contribution in [3.63, 3.8) is 0 Å². The molecule has 3 nitrogen and oxygen atoms in total. The lowest BCUT2D eigenvalue weighted by atomic mass is 9.84. The Bertz CT molecular complexity index is 210. The van der Waals surface area contributed by atoms with Gasteiger partial charge in [0.1, 0.15) is 0 Å². The Balaban J connectivity index is 2.27. The smallest absolute Gasteiger partial charge is 0.320 e. The summed E-state index contributed by atoms with van der Waals surface area (Å²) in [6, 6.07) is 0.576. The maximum Gasteiger partial charge on any atom is 0.320 e. The molecule has 94 valence electrons. The highest BCUT2D eigenvalue weighted by molar-refractivity contribution is 5.71. The lowest BCUT2D eigenvalue weighted by Crippen LogP contribution is -2.38. The Hall–Kier alpha value is -0.570. The van der Waals surface area contributed by atoms with Crippen LogP contribution in [0, 0.1) is 5.92 Å². The van der Waals surface area contributed by atoms with Gasteiger partial charge in [0, 0.05) is 6.04 Å². The van der Waals surface area contributed by atoms with Crippen molar-refractivity contribution in [1.29, 1.82) is 0 Å². The van der Waals surface area contributed by atoms with Crippen molar-refractivity contribution in [3.8, 4) is 0 Å². The molecule has 0 spiro atoms. The van der Waals surface area contributed by atoms with Gasteiger partial charge in [-0.1, -0.05) is 13.3 Å². The van der Waals surface area contributed by atoms with E-state index >= 15 is 0 Å². The molecule has 0 radical (unpaired) electrons. The van der Waals surface area contributed by atoms with Crippen LogP contribution >= 0.6 is 0 Å².